The van der Waals surface area contributed by atoms with Crippen molar-refractivity contribution < 1.29 is 48.3 Å². The largest absolute Gasteiger partial charge is 0.506 e. The molecule has 2 aromatic carbocycles. The van der Waals surface area contributed by atoms with Gasteiger partial charge in [-0.05, 0) is 36.4 Å². The van der Waals surface area contributed by atoms with Crippen LogP contribution in [0.2, 0.25) is 0 Å². The van der Waals surface area contributed by atoms with Crippen LogP contribution in [-0.2, 0) is 11.2 Å². The maximum atomic E-state index is 13.5. The van der Waals surface area contributed by atoms with E-state index in [1.165, 1.54) is 7.11 Å². The zero-order chi connectivity index (χ0) is 25.7. The summed E-state index contributed by atoms with van der Waals surface area (Å²) in [5.74, 6) is -7.00. The van der Waals surface area contributed by atoms with Crippen LogP contribution in [0.3, 0.4) is 0 Å². The topological polar surface area (TPSA) is 170 Å². The van der Waals surface area contributed by atoms with Crippen molar-refractivity contribution in [2.45, 2.75) is 38.1 Å². The second-order valence-corrected chi connectivity index (χ2v) is 8.98. The van der Waals surface area contributed by atoms with Crippen LogP contribution in [0.5, 0.6) is 28.7 Å². The van der Waals surface area contributed by atoms with E-state index in [4.69, 9.17) is 18.6 Å². The zero-order valence-electron chi connectivity index (χ0n) is 19.0. The average molecular weight is 494 g/mol. The Morgan fingerprint density at radius 3 is 2.39 bits per heavy atom. The van der Waals surface area contributed by atoms with Crippen LogP contribution in [0.25, 0.3) is 10.8 Å². The number of aryl methyl sites for hydroxylation is 2. The first-order valence-electron chi connectivity index (χ1n) is 11.0. The predicted molar refractivity (Wildman–Crippen MR) is 119 cm³/mol. The van der Waals surface area contributed by atoms with Crippen LogP contribution in [0.15, 0.2) is 21.3 Å². The third-order valence-electron chi connectivity index (χ3n) is 6.88. The van der Waals surface area contributed by atoms with Crippen molar-refractivity contribution in [1.82, 2.24) is 0 Å². The second-order valence-electron chi connectivity index (χ2n) is 8.98. The second kappa shape index (κ2) is 7.08. The minimum absolute atomic E-state index is 0.0922. The number of Topliss-reactive ketones (excluding diaryl/α,β-unsaturated/α-hetero) is 3. The number of methoxy groups -OCH3 is 1. The highest BCUT2D eigenvalue weighted by molar-refractivity contribution is 6.22. The summed E-state index contributed by atoms with van der Waals surface area (Å²) in [4.78, 5) is 51.4. The van der Waals surface area contributed by atoms with Crippen molar-refractivity contribution in [2.75, 3.05) is 7.11 Å². The molecule has 2 aliphatic heterocycles. The number of carbonyl (C=O) groups is 3. The number of benzene rings is 2. The molecule has 3 aliphatic rings. The lowest BCUT2D eigenvalue weighted by Gasteiger charge is -2.33. The van der Waals surface area contributed by atoms with E-state index >= 15 is 0 Å². The molecule has 184 valence electrons. The zero-order valence-corrected chi connectivity index (χ0v) is 19.0. The molecule has 1 aromatic heterocycles. The van der Waals surface area contributed by atoms with E-state index in [9.17, 15) is 34.5 Å². The fourth-order valence-electron chi connectivity index (χ4n) is 5.19. The van der Waals surface area contributed by atoms with Crippen LogP contribution in [-0.4, -0.2) is 51.7 Å². The number of hydrogen-bond donors (Lipinski definition) is 3. The number of carbonyl (C=O) groups excluding carboxylic acids is 3. The van der Waals surface area contributed by atoms with Gasteiger partial charge in [-0.2, -0.15) is 0 Å². The lowest BCUT2D eigenvalue weighted by atomic mass is 9.83. The number of fused-ring (bicyclic) bond motifs is 4. The summed E-state index contributed by atoms with van der Waals surface area (Å²) in [5, 5.41) is 32.9. The molecule has 0 saturated carbocycles. The standard InChI is InChI=1S/C25H18O11/c1-8-5-10-6-9-3-4-25(35-21(9)19(29)13(10)24(32)34-8)23(31)16-18(28)14-11(26)7-12(33-2)17(27)15(14)20(30)22(16)36-25/h5-6,12,28-30H,3-4,7H2,1-2H3. The molecule has 36 heavy (non-hydrogen) atoms. The number of phenols is 3. The number of rotatable bonds is 1. The van der Waals surface area contributed by atoms with Gasteiger partial charge in [-0.3, -0.25) is 14.4 Å². The Balaban J connectivity index is 1.51. The number of aromatic hydroxyl groups is 3. The Hall–Kier alpha value is -4.38. The molecule has 0 fully saturated rings. The lowest BCUT2D eigenvalue weighted by Crippen LogP contribution is -2.48. The number of hydrogen-bond acceptors (Lipinski definition) is 11. The molecule has 2 atom stereocenters. The first-order valence-corrected chi connectivity index (χ1v) is 11.0. The quantitative estimate of drug-likeness (QED) is 0.424. The van der Waals surface area contributed by atoms with Crippen molar-refractivity contribution in [3.05, 3.63) is 50.6 Å². The molecule has 11 heteroatoms. The molecule has 3 N–H and O–H groups in total. The molecule has 11 nitrogen and oxygen atoms in total. The van der Waals surface area contributed by atoms with Crippen molar-refractivity contribution in [2.24, 2.45) is 0 Å². The fourth-order valence-corrected chi connectivity index (χ4v) is 5.19. The lowest BCUT2D eigenvalue weighted by molar-refractivity contribution is -0.0834. The summed E-state index contributed by atoms with van der Waals surface area (Å²) in [6.07, 6.45) is -1.48. The third kappa shape index (κ3) is 2.65. The monoisotopic (exact) mass is 494 g/mol. The minimum Gasteiger partial charge on any atom is -0.506 e. The smallest absolute Gasteiger partial charge is 0.347 e. The summed E-state index contributed by atoms with van der Waals surface area (Å²) in [5.41, 5.74) is -1.82. The molecule has 0 saturated heterocycles. The molecule has 3 heterocycles. The van der Waals surface area contributed by atoms with E-state index in [-0.39, 0.29) is 30.4 Å². The fraction of sp³-hybridized carbons (Fsp3) is 0.280. The van der Waals surface area contributed by atoms with E-state index in [0.717, 1.165) is 0 Å². The SMILES string of the molecule is COC1CC(=O)c2c(O)c3c(c(O)c2C1=O)OC1(CCc2cc4cc(C)oc(=O)c4c(O)c2O1)C3=O. The van der Waals surface area contributed by atoms with Gasteiger partial charge in [-0.15, -0.1) is 0 Å². The van der Waals surface area contributed by atoms with Crippen molar-refractivity contribution in [1.29, 1.82) is 0 Å². The normalized spacial score (nSPS) is 22.3. The first kappa shape index (κ1) is 22.1. The molecule has 1 spiro atoms. The van der Waals surface area contributed by atoms with Crippen molar-refractivity contribution >= 4 is 28.1 Å². The van der Waals surface area contributed by atoms with Gasteiger partial charge in [0.1, 0.15) is 28.6 Å². The summed E-state index contributed by atoms with van der Waals surface area (Å²) in [6, 6.07) is 3.21. The number of phenolic OH excluding ortho intramolecular Hbond substituents is 3. The van der Waals surface area contributed by atoms with Crippen LogP contribution < -0.4 is 15.1 Å². The maximum absolute atomic E-state index is 13.5. The predicted octanol–water partition coefficient (Wildman–Crippen LogP) is 2.30. The number of ether oxygens (including phenoxy) is 3. The summed E-state index contributed by atoms with van der Waals surface area (Å²) in [6.45, 7) is 1.59. The van der Waals surface area contributed by atoms with Gasteiger partial charge in [0.15, 0.2) is 34.6 Å². The van der Waals surface area contributed by atoms with Crippen LogP contribution >= 0.6 is 0 Å². The van der Waals surface area contributed by atoms with E-state index in [1.54, 1.807) is 19.1 Å². The molecule has 2 unspecified atom stereocenters. The maximum Gasteiger partial charge on any atom is 0.347 e. The Kier molecular flexibility index (Phi) is 4.34. The van der Waals surface area contributed by atoms with Crippen molar-refractivity contribution in [3.8, 4) is 28.7 Å². The molecule has 1 aliphatic carbocycles. The van der Waals surface area contributed by atoms with Gasteiger partial charge < -0.3 is 33.9 Å². The highest BCUT2D eigenvalue weighted by atomic mass is 16.7. The number of ketones is 3. The van der Waals surface area contributed by atoms with Gasteiger partial charge >= 0.3 is 11.4 Å². The molecule has 3 aromatic rings. The van der Waals surface area contributed by atoms with Gasteiger partial charge in [0.2, 0.25) is 0 Å². The molecular weight excluding hydrogens is 476 g/mol. The van der Waals surface area contributed by atoms with Crippen LogP contribution in [0, 0.1) is 6.92 Å². The Labute approximate surface area is 201 Å². The average Bonchev–Trinajstić information content (AvgIpc) is 3.11. The highest BCUT2D eigenvalue weighted by Gasteiger charge is 2.57. The molecular formula is C25H18O11. The van der Waals surface area contributed by atoms with Gasteiger partial charge in [0.25, 0.3) is 5.78 Å². The van der Waals surface area contributed by atoms with Gasteiger partial charge in [0.05, 0.1) is 11.1 Å². The van der Waals surface area contributed by atoms with E-state index in [1.807, 2.05) is 0 Å². The highest BCUT2D eigenvalue weighted by Crippen LogP contribution is 2.55. The van der Waals surface area contributed by atoms with Crippen LogP contribution in [0.1, 0.15) is 55.2 Å². The molecule has 0 amide bonds. The Morgan fingerprint density at radius 1 is 0.944 bits per heavy atom. The third-order valence-corrected chi connectivity index (χ3v) is 6.88. The van der Waals surface area contributed by atoms with E-state index in [0.29, 0.717) is 16.7 Å². The van der Waals surface area contributed by atoms with Crippen molar-refractivity contribution in [3.63, 3.8) is 0 Å². The van der Waals surface area contributed by atoms with Gasteiger partial charge in [0, 0.05) is 20.0 Å². The summed E-state index contributed by atoms with van der Waals surface area (Å²) >= 11 is 0. The van der Waals surface area contributed by atoms with Crippen LogP contribution in [0.4, 0.5) is 0 Å². The van der Waals surface area contributed by atoms with E-state index in [2.05, 4.69) is 0 Å². The summed E-state index contributed by atoms with van der Waals surface area (Å²) in [7, 11) is 1.23. The van der Waals surface area contributed by atoms with Gasteiger partial charge in [-0.1, -0.05) is 0 Å². The van der Waals surface area contributed by atoms with E-state index < -0.39 is 74.6 Å². The molecule has 0 radical (unpaired) electrons. The first-order chi connectivity index (χ1) is 17.1. The Morgan fingerprint density at radius 2 is 1.67 bits per heavy atom. The molecule has 6 rings (SSSR count). The molecule has 0 bridgehead atoms. The Bertz CT molecular complexity index is 1630. The minimum atomic E-state index is -2.13. The summed E-state index contributed by atoms with van der Waals surface area (Å²) < 4.78 is 21.7. The van der Waals surface area contributed by atoms with Gasteiger partial charge in [-0.25, -0.2) is 4.79 Å².